The van der Waals surface area contributed by atoms with Crippen molar-refractivity contribution in [1.82, 2.24) is 14.8 Å². The number of hydrogen-bond donors (Lipinski definition) is 1. The maximum absolute atomic E-state index is 11.6. The predicted octanol–water partition coefficient (Wildman–Crippen LogP) is 1.22. The second-order valence-corrected chi connectivity index (χ2v) is 4.71. The normalized spacial score (nSPS) is 12.2. The van der Waals surface area contributed by atoms with Gasteiger partial charge in [0, 0.05) is 0 Å². The van der Waals surface area contributed by atoms with Gasteiger partial charge in [-0.3, -0.25) is 4.79 Å². The van der Waals surface area contributed by atoms with Crippen molar-refractivity contribution in [2.24, 2.45) is 5.92 Å². The molecule has 0 aliphatic heterocycles. The molecule has 6 heteroatoms. The standard InChI is InChI=1S/C14H17N3O3/c1-9(13(18)20-3)8-11-4-6-12(7-5-11)17-10(2)15-16-14(17)19/h4-7,9H,8H2,1-3H3,(H,16,19). The summed E-state index contributed by atoms with van der Waals surface area (Å²) in [5, 5.41) is 6.26. The van der Waals surface area contributed by atoms with E-state index in [9.17, 15) is 9.59 Å². The lowest BCUT2D eigenvalue weighted by molar-refractivity contribution is -0.144. The maximum atomic E-state index is 11.6. The monoisotopic (exact) mass is 275 g/mol. The molecule has 0 radical (unpaired) electrons. The highest BCUT2D eigenvalue weighted by molar-refractivity contribution is 5.72. The van der Waals surface area contributed by atoms with E-state index in [0.717, 1.165) is 11.3 Å². The molecular weight excluding hydrogens is 258 g/mol. The number of aromatic nitrogens is 3. The summed E-state index contributed by atoms with van der Waals surface area (Å²) in [6.45, 7) is 3.58. The van der Waals surface area contributed by atoms with E-state index in [-0.39, 0.29) is 17.6 Å². The Hall–Kier alpha value is -2.37. The number of hydrogen-bond acceptors (Lipinski definition) is 4. The second kappa shape index (κ2) is 5.73. The fourth-order valence-corrected chi connectivity index (χ4v) is 2.10. The minimum absolute atomic E-state index is 0.191. The van der Waals surface area contributed by atoms with Crippen LogP contribution in [0, 0.1) is 12.8 Å². The number of benzene rings is 1. The first-order valence-corrected chi connectivity index (χ1v) is 6.34. The molecule has 2 rings (SSSR count). The topological polar surface area (TPSA) is 77.0 Å². The van der Waals surface area contributed by atoms with Crippen LogP contribution in [0.1, 0.15) is 18.3 Å². The molecule has 0 aliphatic rings. The highest BCUT2D eigenvalue weighted by atomic mass is 16.5. The van der Waals surface area contributed by atoms with Crippen LogP contribution in [-0.4, -0.2) is 27.8 Å². The van der Waals surface area contributed by atoms with Crippen LogP contribution < -0.4 is 5.69 Å². The highest BCUT2D eigenvalue weighted by Crippen LogP contribution is 2.13. The number of methoxy groups -OCH3 is 1. The Labute approximate surface area is 116 Å². The molecule has 106 valence electrons. The van der Waals surface area contributed by atoms with Crippen LogP contribution in [-0.2, 0) is 16.0 Å². The third-order valence-corrected chi connectivity index (χ3v) is 3.18. The number of H-pyrrole nitrogens is 1. The number of aryl methyl sites for hydroxylation is 1. The molecule has 1 heterocycles. The van der Waals surface area contributed by atoms with Crippen molar-refractivity contribution in [3.8, 4) is 5.69 Å². The van der Waals surface area contributed by atoms with E-state index in [1.54, 1.807) is 6.92 Å². The number of rotatable bonds is 4. The van der Waals surface area contributed by atoms with Gasteiger partial charge in [0.2, 0.25) is 0 Å². The summed E-state index contributed by atoms with van der Waals surface area (Å²) < 4.78 is 6.20. The van der Waals surface area contributed by atoms with Gasteiger partial charge in [-0.25, -0.2) is 14.5 Å². The van der Waals surface area contributed by atoms with Gasteiger partial charge < -0.3 is 4.74 Å². The third-order valence-electron chi connectivity index (χ3n) is 3.18. The van der Waals surface area contributed by atoms with Crippen molar-refractivity contribution in [2.45, 2.75) is 20.3 Å². The highest BCUT2D eigenvalue weighted by Gasteiger charge is 2.14. The number of esters is 1. The van der Waals surface area contributed by atoms with Crippen LogP contribution in [0.4, 0.5) is 0 Å². The van der Waals surface area contributed by atoms with E-state index < -0.39 is 0 Å². The Balaban J connectivity index is 2.19. The molecular formula is C14H17N3O3. The Morgan fingerprint density at radius 3 is 2.55 bits per heavy atom. The van der Waals surface area contributed by atoms with Crippen molar-refractivity contribution >= 4 is 5.97 Å². The Kier molecular flexibility index (Phi) is 4.02. The third kappa shape index (κ3) is 2.79. The zero-order valence-electron chi connectivity index (χ0n) is 11.7. The predicted molar refractivity (Wildman–Crippen MR) is 73.8 cm³/mol. The van der Waals surface area contributed by atoms with E-state index in [4.69, 9.17) is 4.74 Å². The zero-order chi connectivity index (χ0) is 14.7. The molecule has 20 heavy (non-hydrogen) atoms. The fourth-order valence-electron chi connectivity index (χ4n) is 2.10. The molecule has 6 nitrogen and oxygen atoms in total. The van der Waals surface area contributed by atoms with Crippen molar-refractivity contribution in [2.75, 3.05) is 7.11 Å². The first kappa shape index (κ1) is 14.0. The average molecular weight is 275 g/mol. The molecule has 0 bridgehead atoms. The molecule has 1 atom stereocenters. The summed E-state index contributed by atoms with van der Waals surface area (Å²) in [4.78, 5) is 23.0. The molecule has 0 fully saturated rings. The number of nitrogens with one attached hydrogen (secondary N) is 1. The molecule has 0 saturated heterocycles. The van der Waals surface area contributed by atoms with Gasteiger partial charge in [-0.1, -0.05) is 19.1 Å². The van der Waals surface area contributed by atoms with E-state index in [1.165, 1.54) is 11.7 Å². The van der Waals surface area contributed by atoms with Gasteiger partial charge in [-0.05, 0) is 31.0 Å². The van der Waals surface area contributed by atoms with Crippen LogP contribution in [0.3, 0.4) is 0 Å². The van der Waals surface area contributed by atoms with E-state index in [2.05, 4.69) is 10.2 Å². The smallest absolute Gasteiger partial charge is 0.347 e. The quantitative estimate of drug-likeness (QED) is 0.851. The van der Waals surface area contributed by atoms with Crippen molar-refractivity contribution < 1.29 is 9.53 Å². The van der Waals surface area contributed by atoms with Gasteiger partial charge in [-0.15, -0.1) is 0 Å². The summed E-state index contributed by atoms with van der Waals surface area (Å²) in [6, 6.07) is 7.47. The minimum atomic E-state index is -0.266. The van der Waals surface area contributed by atoms with Crippen LogP contribution >= 0.6 is 0 Å². The number of nitrogens with zero attached hydrogens (tertiary/aromatic N) is 2. The van der Waals surface area contributed by atoms with Gasteiger partial charge in [0.15, 0.2) is 0 Å². The summed E-state index contributed by atoms with van der Waals surface area (Å²) in [6.07, 6.45) is 0.603. The average Bonchev–Trinajstić information content (AvgIpc) is 2.78. The molecule has 1 aromatic carbocycles. The largest absolute Gasteiger partial charge is 0.469 e. The van der Waals surface area contributed by atoms with Crippen LogP contribution in [0.15, 0.2) is 29.1 Å². The lowest BCUT2D eigenvalue weighted by atomic mass is 10.0. The van der Waals surface area contributed by atoms with Crippen molar-refractivity contribution in [3.05, 3.63) is 46.1 Å². The first-order valence-electron chi connectivity index (χ1n) is 6.34. The summed E-state index contributed by atoms with van der Waals surface area (Å²) >= 11 is 0. The molecule has 1 N–H and O–H groups in total. The van der Waals surface area contributed by atoms with Gasteiger partial charge in [0.25, 0.3) is 0 Å². The molecule has 0 aliphatic carbocycles. The fraction of sp³-hybridized carbons (Fsp3) is 0.357. The molecule has 0 saturated carbocycles. The summed E-state index contributed by atoms with van der Waals surface area (Å²) in [5.74, 6) is 0.186. The Bertz CT molecular complexity index is 655. The molecule has 1 unspecified atom stereocenters. The number of ether oxygens (including phenoxy) is 1. The lowest BCUT2D eigenvalue weighted by Gasteiger charge is -2.10. The lowest BCUT2D eigenvalue weighted by Crippen LogP contribution is -2.16. The number of carbonyl (C=O) groups excluding carboxylic acids is 1. The first-order chi connectivity index (χ1) is 9.52. The van der Waals surface area contributed by atoms with E-state index >= 15 is 0 Å². The van der Waals surface area contributed by atoms with E-state index in [0.29, 0.717) is 12.2 Å². The maximum Gasteiger partial charge on any atom is 0.347 e. The van der Waals surface area contributed by atoms with Gasteiger partial charge in [0.1, 0.15) is 5.82 Å². The van der Waals surface area contributed by atoms with Gasteiger partial charge in [0.05, 0.1) is 18.7 Å². The SMILES string of the molecule is COC(=O)C(C)Cc1ccc(-n2c(C)n[nH]c2=O)cc1. The Morgan fingerprint density at radius 2 is 2.05 bits per heavy atom. The number of carbonyl (C=O) groups is 1. The van der Waals surface area contributed by atoms with Crippen LogP contribution in [0.25, 0.3) is 5.69 Å². The number of aromatic amines is 1. The van der Waals surface area contributed by atoms with Crippen LogP contribution in [0.2, 0.25) is 0 Å². The molecule has 1 aromatic heterocycles. The summed E-state index contributed by atoms with van der Waals surface area (Å²) in [7, 11) is 1.38. The molecule has 0 spiro atoms. The van der Waals surface area contributed by atoms with Crippen LogP contribution in [0.5, 0.6) is 0 Å². The Morgan fingerprint density at radius 1 is 1.40 bits per heavy atom. The second-order valence-electron chi connectivity index (χ2n) is 4.71. The van der Waals surface area contributed by atoms with Gasteiger partial charge >= 0.3 is 11.7 Å². The van der Waals surface area contributed by atoms with E-state index in [1.807, 2.05) is 31.2 Å². The van der Waals surface area contributed by atoms with Gasteiger partial charge in [-0.2, -0.15) is 5.10 Å². The zero-order valence-corrected chi connectivity index (χ0v) is 11.7. The van der Waals surface area contributed by atoms with Crippen molar-refractivity contribution in [1.29, 1.82) is 0 Å². The molecule has 2 aromatic rings. The molecule has 0 amide bonds. The van der Waals surface area contributed by atoms with Crippen molar-refractivity contribution in [3.63, 3.8) is 0 Å². The minimum Gasteiger partial charge on any atom is -0.469 e. The summed E-state index contributed by atoms with van der Waals surface area (Å²) in [5.41, 5.74) is 1.50.